The van der Waals surface area contributed by atoms with Crippen LogP contribution < -0.4 is 10.9 Å². The molecule has 0 atom stereocenters. The first-order chi connectivity index (χ1) is 14.4. The van der Waals surface area contributed by atoms with E-state index in [-0.39, 0.29) is 35.1 Å². The third-order valence-electron chi connectivity index (χ3n) is 4.13. The zero-order valence-electron chi connectivity index (χ0n) is 15.9. The number of hydrogen-bond donors (Lipinski definition) is 1. The van der Waals surface area contributed by atoms with Gasteiger partial charge in [-0.3, -0.25) is 19.0 Å². The molecule has 0 radical (unpaired) electrons. The lowest BCUT2D eigenvalue weighted by Gasteiger charge is -2.13. The van der Waals surface area contributed by atoms with Crippen LogP contribution in [0.3, 0.4) is 0 Å². The molecule has 0 aliphatic rings. The standard InChI is InChI=1S/C20H17F2N3O4S/c1-29-18(27)8-9-25-19(28)13-4-2-3-5-15(13)24-20(25)30-11-17(26)23-16-7-6-12(21)10-14(16)22/h2-7,10H,8-9,11H2,1H3,(H,23,26). The third-order valence-corrected chi connectivity index (χ3v) is 5.11. The van der Waals surface area contributed by atoms with Gasteiger partial charge in [0.2, 0.25) is 5.91 Å². The summed E-state index contributed by atoms with van der Waals surface area (Å²) in [4.78, 5) is 41.0. The number of carbonyl (C=O) groups is 2. The van der Waals surface area contributed by atoms with Crippen LogP contribution in [0.25, 0.3) is 10.9 Å². The summed E-state index contributed by atoms with van der Waals surface area (Å²) < 4.78 is 32.6. The largest absolute Gasteiger partial charge is 0.469 e. The Kier molecular flexibility index (Phi) is 6.78. The SMILES string of the molecule is COC(=O)CCn1c(SCC(=O)Nc2ccc(F)cc2F)nc2ccccc2c1=O. The Morgan fingerprint density at radius 3 is 2.70 bits per heavy atom. The molecule has 0 unspecified atom stereocenters. The number of carbonyl (C=O) groups excluding carboxylic acids is 2. The number of thioether (sulfide) groups is 1. The minimum absolute atomic E-state index is 0.0277. The van der Waals surface area contributed by atoms with Gasteiger partial charge in [-0.05, 0) is 24.3 Å². The van der Waals surface area contributed by atoms with Crippen LogP contribution in [0.1, 0.15) is 6.42 Å². The zero-order chi connectivity index (χ0) is 21.7. The monoisotopic (exact) mass is 433 g/mol. The van der Waals surface area contributed by atoms with Gasteiger partial charge in [0.1, 0.15) is 11.6 Å². The van der Waals surface area contributed by atoms with Gasteiger partial charge in [0.05, 0.1) is 35.9 Å². The molecule has 0 saturated carbocycles. The molecular weight excluding hydrogens is 416 g/mol. The minimum atomic E-state index is -0.896. The molecule has 0 bridgehead atoms. The normalized spacial score (nSPS) is 10.8. The summed E-state index contributed by atoms with van der Waals surface area (Å²) in [6.07, 6.45) is -0.0447. The Labute approximate surface area is 174 Å². The minimum Gasteiger partial charge on any atom is -0.469 e. The van der Waals surface area contributed by atoms with Crippen LogP contribution in [0.4, 0.5) is 14.5 Å². The molecule has 3 rings (SSSR count). The maximum Gasteiger partial charge on any atom is 0.307 e. The Morgan fingerprint density at radius 2 is 1.97 bits per heavy atom. The lowest BCUT2D eigenvalue weighted by atomic mass is 10.2. The predicted octanol–water partition coefficient (Wildman–Crippen LogP) is 2.97. The topological polar surface area (TPSA) is 90.3 Å². The molecule has 1 heterocycles. The highest BCUT2D eigenvalue weighted by atomic mass is 32.2. The van der Waals surface area contributed by atoms with Crippen molar-refractivity contribution in [1.82, 2.24) is 9.55 Å². The Balaban J connectivity index is 1.82. The number of ether oxygens (including phenoxy) is 1. The number of aromatic nitrogens is 2. The second-order valence-electron chi connectivity index (χ2n) is 6.16. The van der Waals surface area contributed by atoms with Gasteiger partial charge in [-0.25, -0.2) is 13.8 Å². The van der Waals surface area contributed by atoms with Gasteiger partial charge < -0.3 is 10.1 Å². The molecule has 10 heteroatoms. The number of halogens is 2. The van der Waals surface area contributed by atoms with Gasteiger partial charge in [-0.1, -0.05) is 23.9 Å². The Morgan fingerprint density at radius 1 is 1.20 bits per heavy atom. The average Bonchev–Trinajstić information content (AvgIpc) is 2.73. The molecular formula is C20H17F2N3O4S. The van der Waals surface area contributed by atoms with E-state index in [0.717, 1.165) is 23.9 Å². The molecule has 1 amide bonds. The zero-order valence-corrected chi connectivity index (χ0v) is 16.7. The molecule has 0 fully saturated rings. The molecule has 0 aliphatic carbocycles. The van der Waals surface area contributed by atoms with Crippen molar-refractivity contribution in [2.24, 2.45) is 0 Å². The summed E-state index contributed by atoms with van der Waals surface area (Å²) >= 11 is 0.963. The number of nitrogens with zero attached hydrogens (tertiary/aromatic N) is 2. The van der Waals surface area contributed by atoms with Crippen LogP contribution in [0, 0.1) is 11.6 Å². The van der Waals surface area contributed by atoms with E-state index in [9.17, 15) is 23.2 Å². The van der Waals surface area contributed by atoms with Crippen LogP contribution in [-0.2, 0) is 20.9 Å². The second kappa shape index (κ2) is 9.49. The Hall–Kier alpha value is -3.27. The van der Waals surface area contributed by atoms with Gasteiger partial charge in [0.15, 0.2) is 5.16 Å². The number of nitrogens with one attached hydrogen (secondary N) is 1. The summed E-state index contributed by atoms with van der Waals surface area (Å²) in [6.45, 7) is 0.0277. The lowest BCUT2D eigenvalue weighted by Crippen LogP contribution is -2.25. The number of benzene rings is 2. The van der Waals surface area contributed by atoms with Crippen LogP contribution in [0.5, 0.6) is 0 Å². The first-order valence-electron chi connectivity index (χ1n) is 8.83. The second-order valence-corrected chi connectivity index (χ2v) is 7.10. The lowest BCUT2D eigenvalue weighted by molar-refractivity contribution is -0.140. The van der Waals surface area contributed by atoms with Crippen LogP contribution in [0.2, 0.25) is 0 Å². The molecule has 0 saturated heterocycles. The maximum absolute atomic E-state index is 13.7. The van der Waals surface area contributed by atoms with E-state index in [2.05, 4.69) is 15.0 Å². The average molecular weight is 433 g/mol. The van der Waals surface area contributed by atoms with E-state index in [1.165, 1.54) is 11.7 Å². The van der Waals surface area contributed by atoms with Crippen LogP contribution >= 0.6 is 11.8 Å². The van der Waals surface area contributed by atoms with Crippen molar-refractivity contribution in [1.29, 1.82) is 0 Å². The van der Waals surface area contributed by atoms with E-state index >= 15 is 0 Å². The molecule has 30 heavy (non-hydrogen) atoms. The molecule has 0 spiro atoms. The first kappa shape index (κ1) is 21.4. The summed E-state index contributed by atoms with van der Waals surface area (Å²) in [6, 6.07) is 9.53. The highest BCUT2D eigenvalue weighted by Gasteiger charge is 2.15. The first-order valence-corrected chi connectivity index (χ1v) is 9.81. The van der Waals surface area contributed by atoms with E-state index in [0.29, 0.717) is 17.0 Å². The van der Waals surface area contributed by atoms with E-state index in [4.69, 9.17) is 0 Å². The highest BCUT2D eigenvalue weighted by molar-refractivity contribution is 7.99. The fourth-order valence-corrected chi connectivity index (χ4v) is 3.49. The van der Waals surface area contributed by atoms with Crippen molar-refractivity contribution in [2.45, 2.75) is 18.1 Å². The van der Waals surface area contributed by atoms with Gasteiger partial charge in [-0.15, -0.1) is 0 Å². The maximum atomic E-state index is 13.7. The fraction of sp³-hybridized carbons (Fsp3) is 0.200. The third kappa shape index (κ3) is 5.01. The van der Waals surface area contributed by atoms with Crippen molar-refractivity contribution in [3.05, 3.63) is 64.5 Å². The molecule has 7 nitrogen and oxygen atoms in total. The molecule has 3 aromatic rings. The number of hydrogen-bond acceptors (Lipinski definition) is 6. The molecule has 1 aromatic heterocycles. The highest BCUT2D eigenvalue weighted by Crippen LogP contribution is 2.20. The van der Waals surface area contributed by atoms with Crippen molar-refractivity contribution in [3.63, 3.8) is 0 Å². The Bertz CT molecular complexity index is 1170. The quantitative estimate of drug-likeness (QED) is 0.350. The van der Waals surface area contributed by atoms with Crippen molar-refractivity contribution in [2.75, 3.05) is 18.2 Å². The van der Waals surface area contributed by atoms with Gasteiger partial charge in [0.25, 0.3) is 5.56 Å². The number of para-hydroxylation sites is 1. The molecule has 0 aliphatic heterocycles. The molecule has 156 valence electrons. The van der Waals surface area contributed by atoms with Gasteiger partial charge in [-0.2, -0.15) is 0 Å². The van der Waals surface area contributed by atoms with E-state index in [1.807, 2.05) is 0 Å². The smallest absolute Gasteiger partial charge is 0.307 e. The van der Waals surface area contributed by atoms with Crippen molar-refractivity contribution in [3.8, 4) is 0 Å². The predicted molar refractivity (Wildman–Crippen MR) is 108 cm³/mol. The van der Waals surface area contributed by atoms with Crippen LogP contribution in [-0.4, -0.2) is 34.3 Å². The van der Waals surface area contributed by atoms with E-state index in [1.54, 1.807) is 24.3 Å². The summed E-state index contributed by atoms with van der Waals surface area (Å²) in [5.74, 6) is -2.88. The summed E-state index contributed by atoms with van der Waals surface area (Å²) in [7, 11) is 1.25. The van der Waals surface area contributed by atoms with Crippen LogP contribution in [0.15, 0.2) is 52.4 Å². The van der Waals surface area contributed by atoms with Gasteiger partial charge in [0, 0.05) is 12.6 Å². The number of anilines is 1. The fourth-order valence-electron chi connectivity index (χ4n) is 2.67. The number of methoxy groups -OCH3 is 1. The molecule has 2 aromatic carbocycles. The number of amides is 1. The number of esters is 1. The van der Waals surface area contributed by atoms with Gasteiger partial charge >= 0.3 is 5.97 Å². The number of rotatable bonds is 7. The summed E-state index contributed by atoms with van der Waals surface area (Å²) in [5, 5.41) is 2.96. The molecule has 1 N–H and O–H groups in total. The number of fused-ring (bicyclic) bond motifs is 1. The summed E-state index contributed by atoms with van der Waals surface area (Å²) in [5.41, 5.74) is -0.0575. The van der Waals surface area contributed by atoms with Crippen molar-refractivity contribution < 1.29 is 23.1 Å². The van der Waals surface area contributed by atoms with E-state index < -0.39 is 23.5 Å². The van der Waals surface area contributed by atoms with Crippen molar-refractivity contribution >= 4 is 40.2 Å².